The van der Waals surface area contributed by atoms with E-state index in [2.05, 4.69) is 0 Å². The van der Waals surface area contributed by atoms with Crippen LogP contribution >= 0.6 is 0 Å². The van der Waals surface area contributed by atoms with Gasteiger partial charge in [0.2, 0.25) is 0 Å². The normalized spacial score (nSPS) is 36.7. The molecule has 25 heavy (non-hydrogen) atoms. The van der Waals surface area contributed by atoms with Crippen LogP contribution in [0.3, 0.4) is 0 Å². The Labute approximate surface area is 143 Å². The highest BCUT2D eigenvalue weighted by Gasteiger charge is 2.59. The number of rotatable bonds is 4. The van der Waals surface area contributed by atoms with E-state index < -0.39 is 54.4 Å². The monoisotopic (exact) mass is 357 g/mol. The van der Waals surface area contributed by atoms with Gasteiger partial charge in [0.1, 0.15) is 18.8 Å². The van der Waals surface area contributed by atoms with Crippen molar-refractivity contribution in [1.82, 2.24) is 0 Å². The van der Waals surface area contributed by atoms with Crippen LogP contribution in [0.5, 0.6) is 0 Å². The predicted octanol–water partition coefficient (Wildman–Crippen LogP) is -0.207. The summed E-state index contributed by atoms with van der Waals surface area (Å²) in [4.78, 5) is 34.0. The fourth-order valence-electron chi connectivity index (χ4n) is 2.65. The molecule has 0 aromatic heterocycles. The molecule has 2 heterocycles. The molecule has 2 rings (SSSR count). The van der Waals surface area contributed by atoms with Crippen molar-refractivity contribution in [2.24, 2.45) is 0 Å². The molecule has 0 saturated carbocycles. The Hall–Kier alpha value is -2.22. The molecule has 2 saturated heterocycles. The average Bonchev–Trinajstić information content (AvgIpc) is 2.84. The molecule has 0 radical (unpaired) electrons. The minimum atomic E-state index is -1.62. The summed E-state index contributed by atoms with van der Waals surface area (Å²) in [7, 11) is 0. The van der Waals surface area contributed by atoms with E-state index in [4.69, 9.17) is 28.4 Å². The zero-order valence-electron chi connectivity index (χ0n) is 14.2. The number of carbonyl (C=O) groups excluding carboxylic acids is 3. The first-order chi connectivity index (χ1) is 11.6. The third kappa shape index (κ3) is 4.45. The summed E-state index contributed by atoms with van der Waals surface area (Å²) in [5.41, 5.74) is 0. The lowest BCUT2D eigenvalue weighted by Crippen LogP contribution is -2.60. The van der Waals surface area contributed by atoms with Crippen molar-refractivity contribution in [2.75, 3.05) is 6.61 Å². The zero-order valence-corrected chi connectivity index (χ0v) is 14.2. The number of ether oxygens (including phenoxy) is 6. The molecule has 0 aromatic rings. The standard InChI is InChI=1S/C15H19NO9/c1-7(17)20-5-10-11(21-8(2)18)12(22-9(3)19)13-14(23-10)25-15(4,6-16)24-13/h10-14H,5H2,1-4H3/t10-,11-,12+,13+,14+,15?/m1/s1. The number of esters is 3. The molecule has 2 aliphatic heterocycles. The fourth-order valence-corrected chi connectivity index (χ4v) is 2.65. The quantitative estimate of drug-likeness (QED) is 0.492. The van der Waals surface area contributed by atoms with Gasteiger partial charge in [-0.2, -0.15) is 5.26 Å². The second-order valence-corrected chi connectivity index (χ2v) is 5.75. The van der Waals surface area contributed by atoms with E-state index in [-0.39, 0.29) is 6.61 Å². The summed E-state index contributed by atoms with van der Waals surface area (Å²) in [6.07, 6.45) is -5.24. The molecule has 0 aliphatic carbocycles. The Morgan fingerprint density at radius 1 is 1.04 bits per heavy atom. The number of fused-ring (bicyclic) bond motifs is 1. The molecule has 138 valence electrons. The van der Waals surface area contributed by atoms with E-state index in [1.807, 2.05) is 6.07 Å². The van der Waals surface area contributed by atoms with Crippen LogP contribution in [0.25, 0.3) is 0 Å². The number of carbonyl (C=O) groups is 3. The van der Waals surface area contributed by atoms with Gasteiger partial charge in [0, 0.05) is 27.7 Å². The van der Waals surface area contributed by atoms with Crippen molar-refractivity contribution in [1.29, 1.82) is 5.26 Å². The van der Waals surface area contributed by atoms with E-state index in [0.29, 0.717) is 0 Å². The third-order valence-corrected chi connectivity index (χ3v) is 3.55. The van der Waals surface area contributed by atoms with Crippen molar-refractivity contribution >= 4 is 17.9 Å². The number of nitrogens with zero attached hydrogens (tertiary/aromatic N) is 1. The van der Waals surface area contributed by atoms with Crippen LogP contribution in [0.2, 0.25) is 0 Å². The first kappa shape index (κ1) is 19.1. The molecule has 2 fully saturated rings. The van der Waals surface area contributed by atoms with E-state index in [1.165, 1.54) is 27.7 Å². The van der Waals surface area contributed by atoms with Crippen LogP contribution in [-0.2, 0) is 42.8 Å². The van der Waals surface area contributed by atoms with Crippen LogP contribution in [0.4, 0.5) is 0 Å². The summed E-state index contributed by atoms with van der Waals surface area (Å²) in [5, 5.41) is 9.18. The van der Waals surface area contributed by atoms with Crippen LogP contribution < -0.4 is 0 Å². The molecular weight excluding hydrogens is 338 g/mol. The van der Waals surface area contributed by atoms with Gasteiger partial charge in [-0.25, -0.2) is 0 Å². The van der Waals surface area contributed by atoms with Crippen LogP contribution in [0.1, 0.15) is 27.7 Å². The third-order valence-electron chi connectivity index (χ3n) is 3.55. The van der Waals surface area contributed by atoms with Gasteiger partial charge in [0.15, 0.2) is 24.6 Å². The van der Waals surface area contributed by atoms with Crippen molar-refractivity contribution in [3.8, 4) is 6.07 Å². The molecule has 6 atom stereocenters. The number of hydrogen-bond donors (Lipinski definition) is 0. The summed E-state index contributed by atoms with van der Waals surface area (Å²) in [6.45, 7) is 4.67. The van der Waals surface area contributed by atoms with Gasteiger partial charge in [-0.1, -0.05) is 0 Å². The van der Waals surface area contributed by atoms with Gasteiger partial charge < -0.3 is 28.4 Å². The largest absolute Gasteiger partial charge is 0.463 e. The zero-order chi connectivity index (χ0) is 18.8. The molecule has 0 spiro atoms. The summed E-state index contributed by atoms with van der Waals surface area (Å²) in [6, 6.07) is 1.83. The summed E-state index contributed by atoms with van der Waals surface area (Å²) in [5.74, 6) is -3.49. The van der Waals surface area contributed by atoms with Gasteiger partial charge in [0.05, 0.1) is 0 Å². The van der Waals surface area contributed by atoms with Crippen LogP contribution in [-0.4, -0.2) is 61.0 Å². The van der Waals surface area contributed by atoms with E-state index >= 15 is 0 Å². The number of hydrogen-bond acceptors (Lipinski definition) is 10. The smallest absolute Gasteiger partial charge is 0.303 e. The Bertz CT molecular complexity index is 600. The minimum Gasteiger partial charge on any atom is -0.463 e. The minimum absolute atomic E-state index is 0.263. The lowest BCUT2D eigenvalue weighted by molar-refractivity contribution is -0.265. The van der Waals surface area contributed by atoms with Gasteiger partial charge in [-0.05, 0) is 0 Å². The number of nitriles is 1. The lowest BCUT2D eigenvalue weighted by atomic mass is 9.98. The first-order valence-electron chi connectivity index (χ1n) is 7.55. The topological polar surface area (TPSA) is 130 Å². The van der Waals surface area contributed by atoms with E-state index in [1.54, 1.807) is 0 Å². The predicted molar refractivity (Wildman–Crippen MR) is 76.4 cm³/mol. The van der Waals surface area contributed by atoms with Gasteiger partial charge in [-0.3, -0.25) is 14.4 Å². The lowest BCUT2D eigenvalue weighted by Gasteiger charge is -2.40. The van der Waals surface area contributed by atoms with Crippen molar-refractivity contribution in [3.63, 3.8) is 0 Å². The average molecular weight is 357 g/mol. The maximum atomic E-state index is 11.5. The Morgan fingerprint density at radius 2 is 1.64 bits per heavy atom. The van der Waals surface area contributed by atoms with Crippen LogP contribution in [0, 0.1) is 11.3 Å². The van der Waals surface area contributed by atoms with Gasteiger partial charge >= 0.3 is 17.9 Å². The molecular formula is C15H19NO9. The molecule has 0 bridgehead atoms. The fraction of sp³-hybridized carbons (Fsp3) is 0.733. The first-order valence-corrected chi connectivity index (χ1v) is 7.55. The molecule has 0 N–H and O–H groups in total. The summed E-state index contributed by atoms with van der Waals surface area (Å²) < 4.78 is 31.9. The molecule has 10 heteroatoms. The molecule has 2 aliphatic rings. The highest BCUT2D eigenvalue weighted by atomic mass is 16.8. The second kappa shape index (κ2) is 7.35. The van der Waals surface area contributed by atoms with Crippen molar-refractivity contribution in [3.05, 3.63) is 0 Å². The second-order valence-electron chi connectivity index (χ2n) is 5.75. The maximum Gasteiger partial charge on any atom is 0.303 e. The Morgan fingerprint density at radius 3 is 2.16 bits per heavy atom. The van der Waals surface area contributed by atoms with Gasteiger partial charge in [-0.15, -0.1) is 0 Å². The Balaban J connectivity index is 2.31. The molecule has 10 nitrogen and oxygen atoms in total. The molecule has 0 amide bonds. The van der Waals surface area contributed by atoms with Crippen LogP contribution in [0.15, 0.2) is 0 Å². The van der Waals surface area contributed by atoms with Gasteiger partial charge in [0.25, 0.3) is 5.79 Å². The van der Waals surface area contributed by atoms with Crippen molar-refractivity contribution in [2.45, 2.75) is 64.2 Å². The molecule has 0 aromatic carbocycles. The van der Waals surface area contributed by atoms with E-state index in [9.17, 15) is 19.6 Å². The Kier molecular flexibility index (Phi) is 5.62. The molecule has 1 unspecified atom stereocenters. The van der Waals surface area contributed by atoms with Crippen molar-refractivity contribution < 1.29 is 42.8 Å². The van der Waals surface area contributed by atoms with E-state index in [0.717, 1.165) is 0 Å². The SMILES string of the molecule is CC(=O)OC[C@H]1O[C@H]2OC(C)(C#N)O[C@H]2[C@@H](OC(C)=O)[C@@H]1OC(C)=O. The highest BCUT2D eigenvalue weighted by Crippen LogP contribution is 2.38. The highest BCUT2D eigenvalue weighted by molar-refractivity contribution is 5.67. The maximum absolute atomic E-state index is 11.5. The summed E-state index contributed by atoms with van der Waals surface area (Å²) >= 11 is 0.